The maximum atomic E-state index is 5.51. The first kappa shape index (κ1) is 9.85. The predicted octanol–water partition coefficient (Wildman–Crippen LogP) is 3.32. The topological polar surface area (TPSA) is 9.23 Å². The van der Waals surface area contributed by atoms with Gasteiger partial charge in [0.25, 0.3) is 0 Å². The third-order valence-corrected chi connectivity index (χ3v) is 1.56. The minimum atomic E-state index is 0.231. The van der Waals surface area contributed by atoms with E-state index in [0.717, 1.165) is 11.3 Å². The highest BCUT2D eigenvalue weighted by Gasteiger charge is 1.95. The van der Waals surface area contributed by atoms with Gasteiger partial charge in [-0.1, -0.05) is 24.3 Å². The van der Waals surface area contributed by atoms with Gasteiger partial charge in [-0.2, -0.15) is 0 Å². The molecule has 0 aromatic heterocycles. The van der Waals surface area contributed by atoms with Gasteiger partial charge in [-0.3, -0.25) is 0 Å². The quantitative estimate of drug-likeness (QED) is 0.684. The van der Waals surface area contributed by atoms with Crippen molar-refractivity contribution in [3.63, 3.8) is 0 Å². The average molecular weight is 175 g/mol. The summed E-state index contributed by atoms with van der Waals surface area (Å²) < 4.78 is 5.51. The van der Waals surface area contributed by atoms with Crippen LogP contribution in [0.5, 0.6) is 5.75 Å². The fourth-order valence-corrected chi connectivity index (χ4v) is 1.07. The molecule has 0 aliphatic heterocycles. The first-order chi connectivity index (χ1) is 6.22. The largest absolute Gasteiger partial charge is 0.491 e. The van der Waals surface area contributed by atoms with E-state index >= 15 is 0 Å². The number of ether oxygens (including phenoxy) is 1. The molecule has 0 aliphatic rings. The van der Waals surface area contributed by atoms with Crippen LogP contribution in [0.3, 0.4) is 0 Å². The molecule has 0 fully saturated rings. The molecular formula is C12H15O. The van der Waals surface area contributed by atoms with Crippen molar-refractivity contribution < 1.29 is 4.74 Å². The van der Waals surface area contributed by atoms with E-state index in [0.29, 0.717) is 0 Å². The van der Waals surface area contributed by atoms with Crippen LogP contribution >= 0.6 is 0 Å². The standard InChI is InChI=1S/C12H15O/c1-4-5-11-6-8-12(9-7-11)13-10(2)3/h4-10H,1H2,2-3H3. The molecule has 1 aromatic rings. The van der Waals surface area contributed by atoms with Crippen molar-refractivity contribution in [2.45, 2.75) is 20.0 Å². The van der Waals surface area contributed by atoms with Gasteiger partial charge in [-0.15, -0.1) is 0 Å². The van der Waals surface area contributed by atoms with Gasteiger partial charge in [0.1, 0.15) is 5.75 Å². The summed E-state index contributed by atoms with van der Waals surface area (Å²) in [5.41, 5.74) is 1.14. The van der Waals surface area contributed by atoms with Crippen LogP contribution in [0.15, 0.2) is 30.3 Å². The molecule has 13 heavy (non-hydrogen) atoms. The van der Waals surface area contributed by atoms with Crippen molar-refractivity contribution in [1.82, 2.24) is 0 Å². The molecule has 0 spiro atoms. The lowest BCUT2D eigenvalue weighted by Crippen LogP contribution is -2.05. The normalized spacial score (nSPS) is 11.1. The monoisotopic (exact) mass is 175 g/mol. The lowest BCUT2D eigenvalue weighted by atomic mass is 10.2. The minimum Gasteiger partial charge on any atom is -0.491 e. The van der Waals surface area contributed by atoms with Crippen molar-refractivity contribution >= 4 is 6.08 Å². The van der Waals surface area contributed by atoms with E-state index in [-0.39, 0.29) is 6.10 Å². The zero-order valence-electron chi connectivity index (χ0n) is 8.16. The van der Waals surface area contributed by atoms with Gasteiger partial charge in [0.05, 0.1) is 6.10 Å². The van der Waals surface area contributed by atoms with Crippen LogP contribution in [0.1, 0.15) is 19.4 Å². The molecular weight excluding hydrogens is 160 g/mol. The molecule has 0 atom stereocenters. The van der Waals surface area contributed by atoms with Gasteiger partial charge >= 0.3 is 0 Å². The number of hydrogen-bond donors (Lipinski definition) is 0. The van der Waals surface area contributed by atoms with E-state index in [2.05, 4.69) is 6.92 Å². The number of allylic oxidation sites excluding steroid dienone is 1. The Bertz CT molecular complexity index is 270. The lowest BCUT2D eigenvalue weighted by molar-refractivity contribution is 0.242. The van der Waals surface area contributed by atoms with E-state index in [1.807, 2.05) is 44.2 Å². The maximum absolute atomic E-state index is 5.51. The Hall–Kier alpha value is -1.24. The van der Waals surface area contributed by atoms with Crippen LogP contribution in [-0.4, -0.2) is 6.10 Å². The van der Waals surface area contributed by atoms with Crippen molar-refractivity contribution in [3.05, 3.63) is 42.8 Å². The highest BCUT2D eigenvalue weighted by molar-refractivity contribution is 5.50. The van der Waals surface area contributed by atoms with Crippen molar-refractivity contribution in [1.29, 1.82) is 0 Å². The number of benzene rings is 1. The Morgan fingerprint density at radius 2 is 1.85 bits per heavy atom. The molecule has 0 heterocycles. The summed E-state index contributed by atoms with van der Waals surface area (Å²) in [4.78, 5) is 0. The van der Waals surface area contributed by atoms with Gasteiger partial charge in [0.15, 0.2) is 0 Å². The summed E-state index contributed by atoms with van der Waals surface area (Å²) in [5.74, 6) is 0.913. The molecule has 69 valence electrons. The highest BCUT2D eigenvalue weighted by Crippen LogP contribution is 2.14. The van der Waals surface area contributed by atoms with Crippen molar-refractivity contribution in [3.8, 4) is 5.75 Å². The second kappa shape index (κ2) is 4.70. The predicted molar refractivity (Wildman–Crippen MR) is 56.6 cm³/mol. The summed E-state index contributed by atoms with van der Waals surface area (Å²) in [6.45, 7) is 7.68. The van der Waals surface area contributed by atoms with E-state index < -0.39 is 0 Å². The summed E-state index contributed by atoms with van der Waals surface area (Å²) in [6, 6.07) is 7.96. The third kappa shape index (κ3) is 3.32. The van der Waals surface area contributed by atoms with Crippen LogP contribution in [0, 0.1) is 6.92 Å². The Kier molecular flexibility index (Phi) is 3.56. The molecule has 0 bridgehead atoms. The smallest absolute Gasteiger partial charge is 0.119 e. The zero-order chi connectivity index (χ0) is 9.68. The van der Waals surface area contributed by atoms with Gasteiger partial charge in [-0.05, 0) is 38.5 Å². The summed E-state index contributed by atoms with van der Waals surface area (Å²) in [6.07, 6.45) is 3.96. The first-order valence-electron chi connectivity index (χ1n) is 4.45. The van der Waals surface area contributed by atoms with Gasteiger partial charge in [0, 0.05) is 0 Å². The Morgan fingerprint density at radius 3 is 2.31 bits per heavy atom. The molecule has 0 unspecified atom stereocenters. The molecule has 0 N–H and O–H groups in total. The van der Waals surface area contributed by atoms with Crippen LogP contribution in [0.2, 0.25) is 0 Å². The third-order valence-electron chi connectivity index (χ3n) is 1.56. The van der Waals surface area contributed by atoms with E-state index in [9.17, 15) is 0 Å². The fraction of sp³-hybridized carbons (Fsp3) is 0.250. The van der Waals surface area contributed by atoms with Crippen molar-refractivity contribution in [2.24, 2.45) is 0 Å². The van der Waals surface area contributed by atoms with Crippen LogP contribution in [0.25, 0.3) is 6.08 Å². The summed E-state index contributed by atoms with van der Waals surface area (Å²) >= 11 is 0. The highest BCUT2D eigenvalue weighted by atomic mass is 16.5. The number of rotatable bonds is 3. The van der Waals surface area contributed by atoms with E-state index in [1.165, 1.54) is 0 Å². The summed E-state index contributed by atoms with van der Waals surface area (Å²) in [7, 11) is 0. The van der Waals surface area contributed by atoms with Crippen LogP contribution in [-0.2, 0) is 0 Å². The van der Waals surface area contributed by atoms with E-state index in [4.69, 9.17) is 4.74 Å². The summed E-state index contributed by atoms with van der Waals surface area (Å²) in [5, 5.41) is 0. The Labute approximate surface area is 80.0 Å². The SMILES string of the molecule is [CH2]C=Cc1ccc(OC(C)C)cc1. The second-order valence-corrected chi connectivity index (χ2v) is 3.14. The molecule has 0 amide bonds. The second-order valence-electron chi connectivity index (χ2n) is 3.14. The van der Waals surface area contributed by atoms with Crippen LogP contribution < -0.4 is 4.74 Å². The Morgan fingerprint density at radius 1 is 1.23 bits per heavy atom. The Balaban J connectivity index is 2.69. The maximum Gasteiger partial charge on any atom is 0.119 e. The first-order valence-corrected chi connectivity index (χ1v) is 4.45. The van der Waals surface area contributed by atoms with Crippen LogP contribution in [0.4, 0.5) is 0 Å². The van der Waals surface area contributed by atoms with E-state index in [1.54, 1.807) is 6.08 Å². The molecule has 1 aromatic carbocycles. The van der Waals surface area contributed by atoms with Crippen molar-refractivity contribution in [2.75, 3.05) is 0 Å². The molecule has 1 nitrogen and oxygen atoms in total. The number of hydrogen-bond acceptors (Lipinski definition) is 1. The van der Waals surface area contributed by atoms with Gasteiger partial charge in [-0.25, -0.2) is 0 Å². The average Bonchev–Trinajstić information content (AvgIpc) is 2.08. The minimum absolute atomic E-state index is 0.231. The molecule has 1 heteroatoms. The molecule has 0 saturated heterocycles. The molecule has 1 radical (unpaired) electrons. The molecule has 0 aliphatic carbocycles. The van der Waals surface area contributed by atoms with Gasteiger partial charge in [0.2, 0.25) is 0 Å². The molecule has 1 rings (SSSR count). The van der Waals surface area contributed by atoms with Gasteiger partial charge < -0.3 is 4.74 Å². The molecule has 0 saturated carbocycles. The zero-order valence-corrected chi connectivity index (χ0v) is 8.16. The lowest BCUT2D eigenvalue weighted by Gasteiger charge is -2.09. The fourth-order valence-electron chi connectivity index (χ4n) is 1.07.